The average molecular weight is 270 g/mol. The van der Waals surface area contributed by atoms with E-state index < -0.39 is 33.4 Å². The molecule has 74 valence electrons. The third-order valence-corrected chi connectivity index (χ3v) is 2.03. The van der Waals surface area contributed by atoms with Crippen molar-refractivity contribution in [1.29, 1.82) is 0 Å². The lowest BCUT2D eigenvalue weighted by Crippen LogP contribution is -1.96. The van der Waals surface area contributed by atoms with Crippen LogP contribution in [0.3, 0.4) is 0 Å². The molecular formula is C6BrF4N3. The van der Waals surface area contributed by atoms with Crippen LogP contribution in [0.5, 0.6) is 0 Å². The Morgan fingerprint density at radius 3 is 1.79 bits per heavy atom. The lowest BCUT2D eigenvalue weighted by Gasteiger charge is -2.03. The molecule has 0 aliphatic rings. The van der Waals surface area contributed by atoms with Gasteiger partial charge in [0.25, 0.3) is 0 Å². The fourth-order valence-electron chi connectivity index (χ4n) is 0.726. The van der Waals surface area contributed by atoms with E-state index in [-0.39, 0.29) is 0 Å². The molecule has 1 aromatic carbocycles. The maximum absolute atomic E-state index is 12.8. The highest BCUT2D eigenvalue weighted by atomic mass is 79.9. The first-order valence-corrected chi connectivity index (χ1v) is 3.86. The van der Waals surface area contributed by atoms with E-state index in [1.54, 1.807) is 0 Å². The molecule has 0 saturated carbocycles. The molecule has 0 N–H and O–H groups in total. The summed E-state index contributed by atoms with van der Waals surface area (Å²) in [7, 11) is 0. The molecule has 0 saturated heterocycles. The standard InChI is InChI=1S/C6BrF4N3/c7-1-2(8)4(10)6(13-14-12)5(11)3(1)9. The minimum Gasteiger partial charge on any atom is -0.203 e. The smallest absolute Gasteiger partial charge is 0.176 e. The summed E-state index contributed by atoms with van der Waals surface area (Å²) in [4.78, 5) is 2.04. The molecule has 0 aromatic heterocycles. The number of hydrogen-bond donors (Lipinski definition) is 0. The van der Waals surface area contributed by atoms with E-state index in [0.29, 0.717) is 0 Å². The van der Waals surface area contributed by atoms with Gasteiger partial charge in [-0.2, -0.15) is 0 Å². The first-order chi connectivity index (χ1) is 6.50. The first-order valence-electron chi connectivity index (χ1n) is 3.07. The summed E-state index contributed by atoms with van der Waals surface area (Å²) >= 11 is 2.30. The van der Waals surface area contributed by atoms with Crippen LogP contribution in [0.15, 0.2) is 9.59 Å². The second-order valence-corrected chi connectivity index (χ2v) is 2.90. The van der Waals surface area contributed by atoms with Gasteiger partial charge in [0.15, 0.2) is 23.3 Å². The highest BCUT2D eigenvalue weighted by Gasteiger charge is 2.22. The molecule has 0 bridgehead atoms. The summed E-state index contributed by atoms with van der Waals surface area (Å²) in [5.74, 6) is -6.78. The zero-order valence-corrected chi connectivity index (χ0v) is 7.82. The monoisotopic (exact) mass is 269 g/mol. The van der Waals surface area contributed by atoms with Gasteiger partial charge in [0.1, 0.15) is 5.69 Å². The van der Waals surface area contributed by atoms with Crippen LogP contribution >= 0.6 is 15.9 Å². The van der Waals surface area contributed by atoms with Gasteiger partial charge in [0.2, 0.25) is 0 Å². The lowest BCUT2D eigenvalue weighted by atomic mass is 10.2. The van der Waals surface area contributed by atoms with Crippen molar-refractivity contribution in [3.63, 3.8) is 0 Å². The van der Waals surface area contributed by atoms with Crippen LogP contribution in [0.2, 0.25) is 0 Å². The molecule has 8 heteroatoms. The van der Waals surface area contributed by atoms with Crippen molar-refractivity contribution in [2.45, 2.75) is 0 Å². The van der Waals surface area contributed by atoms with E-state index in [1.807, 2.05) is 4.91 Å². The van der Waals surface area contributed by atoms with Crippen molar-refractivity contribution in [3.8, 4) is 0 Å². The van der Waals surface area contributed by atoms with E-state index in [4.69, 9.17) is 5.53 Å². The molecule has 14 heavy (non-hydrogen) atoms. The summed E-state index contributed by atoms with van der Waals surface area (Å²) in [6.07, 6.45) is 0. The zero-order chi connectivity index (χ0) is 10.9. The van der Waals surface area contributed by atoms with Crippen molar-refractivity contribution in [1.82, 2.24) is 0 Å². The zero-order valence-electron chi connectivity index (χ0n) is 6.23. The topological polar surface area (TPSA) is 48.8 Å². The van der Waals surface area contributed by atoms with Gasteiger partial charge in [-0.05, 0) is 21.5 Å². The molecular weight excluding hydrogens is 270 g/mol. The molecule has 0 aliphatic heterocycles. The van der Waals surface area contributed by atoms with Gasteiger partial charge in [0, 0.05) is 4.91 Å². The summed E-state index contributed by atoms with van der Waals surface area (Å²) in [5.41, 5.74) is 6.56. The molecule has 1 aromatic rings. The number of halogens is 5. The van der Waals surface area contributed by atoms with Crippen molar-refractivity contribution in [2.75, 3.05) is 0 Å². The second-order valence-electron chi connectivity index (χ2n) is 2.11. The minimum absolute atomic E-state index is 0.982. The number of rotatable bonds is 1. The van der Waals surface area contributed by atoms with Gasteiger partial charge >= 0.3 is 0 Å². The highest BCUT2D eigenvalue weighted by Crippen LogP contribution is 2.32. The number of nitrogens with zero attached hydrogens (tertiary/aromatic N) is 3. The highest BCUT2D eigenvalue weighted by molar-refractivity contribution is 9.10. The van der Waals surface area contributed by atoms with Gasteiger partial charge < -0.3 is 0 Å². The van der Waals surface area contributed by atoms with E-state index in [2.05, 4.69) is 21.0 Å². The van der Waals surface area contributed by atoms with Crippen LogP contribution < -0.4 is 0 Å². The van der Waals surface area contributed by atoms with E-state index in [9.17, 15) is 17.6 Å². The fourth-order valence-corrected chi connectivity index (χ4v) is 1.07. The third-order valence-electron chi connectivity index (χ3n) is 1.33. The summed E-state index contributed by atoms with van der Waals surface area (Å²) in [6, 6.07) is 0. The Morgan fingerprint density at radius 1 is 1.00 bits per heavy atom. The van der Waals surface area contributed by atoms with Gasteiger partial charge in [-0.3, -0.25) is 0 Å². The molecule has 1 rings (SSSR count). The average Bonchev–Trinajstić information content (AvgIpc) is 2.19. The van der Waals surface area contributed by atoms with Crippen LogP contribution in [0.25, 0.3) is 10.4 Å². The number of azide groups is 1. The van der Waals surface area contributed by atoms with Crippen molar-refractivity contribution in [2.24, 2.45) is 5.11 Å². The first kappa shape index (κ1) is 10.8. The SMILES string of the molecule is [N-]=[N+]=Nc1c(F)c(F)c(Br)c(F)c1F. The maximum Gasteiger partial charge on any atom is 0.176 e. The predicted molar refractivity (Wildman–Crippen MR) is 42.8 cm³/mol. The Bertz CT molecular complexity index is 412. The van der Waals surface area contributed by atoms with E-state index in [1.165, 1.54) is 0 Å². The molecule has 0 atom stereocenters. The molecule has 0 fully saturated rings. The summed E-state index contributed by atoms with van der Waals surface area (Å²) < 4.78 is 50.1. The molecule has 0 aliphatic carbocycles. The Morgan fingerprint density at radius 2 is 1.43 bits per heavy atom. The van der Waals surface area contributed by atoms with Crippen LogP contribution in [0.1, 0.15) is 0 Å². The van der Waals surface area contributed by atoms with Crippen molar-refractivity contribution in [3.05, 3.63) is 38.2 Å². The normalized spacial score (nSPS) is 9.79. The molecule has 0 unspecified atom stereocenters. The molecule has 0 radical (unpaired) electrons. The minimum atomic E-state index is -1.74. The molecule has 0 amide bonds. The predicted octanol–water partition coefficient (Wildman–Crippen LogP) is 3.95. The van der Waals surface area contributed by atoms with Gasteiger partial charge in [-0.1, -0.05) is 5.11 Å². The van der Waals surface area contributed by atoms with Crippen LogP contribution in [0, 0.1) is 23.3 Å². The van der Waals surface area contributed by atoms with Crippen LogP contribution in [0.4, 0.5) is 23.2 Å². The fraction of sp³-hybridized carbons (Fsp3) is 0. The van der Waals surface area contributed by atoms with Gasteiger partial charge in [0.05, 0.1) is 4.47 Å². The number of hydrogen-bond acceptors (Lipinski definition) is 1. The van der Waals surface area contributed by atoms with Gasteiger partial charge in [-0.25, -0.2) is 17.6 Å². The lowest BCUT2D eigenvalue weighted by molar-refractivity contribution is 0.450. The maximum atomic E-state index is 12.8. The Hall–Kier alpha value is -1.27. The Kier molecular flexibility index (Phi) is 2.97. The summed E-state index contributed by atoms with van der Waals surface area (Å²) in [6.45, 7) is 0. The molecule has 0 heterocycles. The quantitative estimate of drug-likeness (QED) is 0.185. The summed E-state index contributed by atoms with van der Waals surface area (Å²) in [5, 5.41) is 2.50. The Labute approximate surface area is 83.1 Å². The second kappa shape index (κ2) is 3.85. The largest absolute Gasteiger partial charge is 0.203 e. The molecule has 0 spiro atoms. The van der Waals surface area contributed by atoms with Crippen LogP contribution in [-0.4, -0.2) is 0 Å². The van der Waals surface area contributed by atoms with Crippen molar-refractivity contribution < 1.29 is 17.6 Å². The van der Waals surface area contributed by atoms with E-state index in [0.717, 1.165) is 0 Å². The van der Waals surface area contributed by atoms with Crippen molar-refractivity contribution >= 4 is 21.6 Å². The third kappa shape index (κ3) is 1.53. The molecule has 3 nitrogen and oxygen atoms in total. The Balaban J connectivity index is 3.67. The van der Waals surface area contributed by atoms with E-state index >= 15 is 0 Å². The van der Waals surface area contributed by atoms with Gasteiger partial charge in [-0.15, -0.1) is 0 Å². The van der Waals surface area contributed by atoms with Crippen LogP contribution in [-0.2, 0) is 0 Å². The number of benzene rings is 1.